The number of pyridine rings is 1. The highest BCUT2D eigenvalue weighted by Gasteiger charge is 2.39. The molecular weight excluding hydrogens is 399 g/mol. The highest BCUT2D eigenvalue weighted by molar-refractivity contribution is 5.68. The molecule has 168 valence electrons. The molecule has 1 saturated heterocycles. The monoisotopic (exact) mass is 430 g/mol. The molecule has 1 N–H and O–H groups in total. The van der Waals surface area contributed by atoms with Crippen LogP contribution in [0.2, 0.25) is 0 Å². The van der Waals surface area contributed by atoms with Gasteiger partial charge in [0.1, 0.15) is 23.6 Å². The molecule has 6 nitrogen and oxygen atoms in total. The minimum absolute atomic E-state index is 0.199. The molecule has 0 radical (unpaired) electrons. The first kappa shape index (κ1) is 23.2. The average Bonchev–Trinajstić information content (AvgIpc) is 3.02. The lowest BCUT2D eigenvalue weighted by molar-refractivity contribution is -0.142. The summed E-state index contributed by atoms with van der Waals surface area (Å²) >= 11 is 0. The fraction of sp³-hybridized carbons (Fsp3) is 0.500. The molecule has 7 heteroatoms. The molecule has 2 atom stereocenters. The van der Waals surface area contributed by atoms with Gasteiger partial charge in [-0.1, -0.05) is 24.3 Å². The van der Waals surface area contributed by atoms with Gasteiger partial charge in [0, 0.05) is 12.6 Å². The molecule has 2 aromatic rings. The number of carbonyl (C=O) groups excluding carboxylic acids is 1. The van der Waals surface area contributed by atoms with Crippen molar-refractivity contribution in [1.29, 1.82) is 0 Å². The molecule has 3 rings (SSSR count). The van der Waals surface area contributed by atoms with Crippen molar-refractivity contribution in [3.63, 3.8) is 0 Å². The number of hydrogen-bond donors (Lipinski definition) is 1. The zero-order valence-electron chi connectivity index (χ0n) is 19.0. The largest absolute Gasteiger partial charge is 0.444 e. The van der Waals surface area contributed by atoms with Crippen LogP contribution in [0.1, 0.15) is 63.0 Å². The van der Waals surface area contributed by atoms with E-state index in [1.54, 1.807) is 46.0 Å². The minimum Gasteiger partial charge on any atom is -0.444 e. The Labute approximate surface area is 183 Å². The first-order chi connectivity index (χ1) is 14.4. The topological polar surface area (TPSA) is 69.7 Å². The van der Waals surface area contributed by atoms with Gasteiger partial charge in [0.15, 0.2) is 5.79 Å². The van der Waals surface area contributed by atoms with Crippen LogP contribution in [0.25, 0.3) is 0 Å². The number of carbonyl (C=O) groups is 1. The fourth-order valence-corrected chi connectivity index (χ4v) is 3.46. The van der Waals surface area contributed by atoms with E-state index in [4.69, 9.17) is 14.2 Å². The normalized spacial score (nSPS) is 19.1. The molecular formula is C24H31FN2O4. The Bertz CT molecular complexity index is 922. The third-order valence-electron chi connectivity index (χ3n) is 4.91. The van der Waals surface area contributed by atoms with Crippen LogP contribution in [-0.2, 0) is 20.6 Å². The molecule has 1 unspecified atom stereocenters. The van der Waals surface area contributed by atoms with E-state index in [2.05, 4.69) is 10.3 Å². The van der Waals surface area contributed by atoms with Crippen LogP contribution in [0.5, 0.6) is 0 Å². The van der Waals surface area contributed by atoms with Gasteiger partial charge in [-0.3, -0.25) is 4.98 Å². The van der Waals surface area contributed by atoms with E-state index in [-0.39, 0.29) is 5.82 Å². The van der Waals surface area contributed by atoms with Gasteiger partial charge in [-0.25, -0.2) is 9.18 Å². The third kappa shape index (κ3) is 6.24. The number of benzene rings is 1. The predicted octanol–water partition coefficient (Wildman–Crippen LogP) is 4.84. The Balaban J connectivity index is 1.80. The molecule has 0 bridgehead atoms. The lowest BCUT2D eigenvalue weighted by atomic mass is 10.0. The number of alkyl carbamates (subject to hydrolysis) is 1. The molecule has 1 amide bonds. The van der Waals surface area contributed by atoms with Crippen LogP contribution in [0, 0.1) is 12.7 Å². The summed E-state index contributed by atoms with van der Waals surface area (Å²) in [7, 11) is 0. The summed E-state index contributed by atoms with van der Waals surface area (Å²) in [5.74, 6) is -0.948. The highest BCUT2D eigenvalue weighted by atomic mass is 19.1. The molecule has 0 saturated carbocycles. The summed E-state index contributed by atoms with van der Waals surface area (Å²) in [6.07, 6.45) is 1.15. The summed E-state index contributed by atoms with van der Waals surface area (Å²) in [4.78, 5) is 17.0. The van der Waals surface area contributed by atoms with Crippen molar-refractivity contribution in [2.24, 2.45) is 0 Å². The van der Waals surface area contributed by atoms with Crippen LogP contribution >= 0.6 is 0 Å². The fourth-order valence-electron chi connectivity index (χ4n) is 3.46. The van der Waals surface area contributed by atoms with E-state index < -0.39 is 29.6 Å². The van der Waals surface area contributed by atoms with E-state index in [1.807, 2.05) is 32.0 Å². The summed E-state index contributed by atoms with van der Waals surface area (Å²) in [5, 5.41) is 2.87. The lowest BCUT2D eigenvalue weighted by Gasteiger charge is -2.27. The van der Waals surface area contributed by atoms with E-state index in [0.29, 0.717) is 29.8 Å². The second-order valence-electron chi connectivity index (χ2n) is 9.31. The average molecular weight is 431 g/mol. The summed E-state index contributed by atoms with van der Waals surface area (Å²) < 4.78 is 31.4. The molecule has 2 heterocycles. The van der Waals surface area contributed by atoms with Crippen molar-refractivity contribution < 1.29 is 23.4 Å². The van der Waals surface area contributed by atoms with Gasteiger partial charge in [-0.2, -0.15) is 0 Å². The molecule has 0 spiro atoms. The van der Waals surface area contributed by atoms with Crippen molar-refractivity contribution in [3.8, 4) is 0 Å². The molecule has 1 aromatic carbocycles. The van der Waals surface area contributed by atoms with Crippen molar-refractivity contribution in [3.05, 3.63) is 64.7 Å². The molecule has 0 aliphatic carbocycles. The van der Waals surface area contributed by atoms with Crippen molar-refractivity contribution >= 4 is 6.09 Å². The predicted molar refractivity (Wildman–Crippen MR) is 115 cm³/mol. The molecule has 1 aliphatic rings. The first-order valence-electron chi connectivity index (χ1n) is 10.4. The third-order valence-corrected chi connectivity index (χ3v) is 4.91. The van der Waals surface area contributed by atoms with E-state index in [0.717, 1.165) is 5.56 Å². The summed E-state index contributed by atoms with van der Waals surface area (Å²) in [6.45, 7) is 11.1. The van der Waals surface area contributed by atoms with Gasteiger partial charge in [0.2, 0.25) is 0 Å². The van der Waals surface area contributed by atoms with Crippen molar-refractivity contribution in [2.75, 3.05) is 6.61 Å². The van der Waals surface area contributed by atoms with E-state index >= 15 is 0 Å². The van der Waals surface area contributed by atoms with Crippen LogP contribution in [0.3, 0.4) is 0 Å². The Hall–Kier alpha value is -2.51. The number of nitrogens with zero attached hydrogens (tertiary/aromatic N) is 1. The number of amides is 1. The highest BCUT2D eigenvalue weighted by Crippen LogP contribution is 2.30. The number of halogens is 1. The Kier molecular flexibility index (Phi) is 6.67. The van der Waals surface area contributed by atoms with Crippen molar-refractivity contribution in [1.82, 2.24) is 10.3 Å². The standard InChI is InChI=1S/C24H31FN2O4/c1-15-8-7-9-17(20(15)25)12-16-10-11-18(26-13-16)21(19-14-29-24(5,6)30-19)27-22(28)31-23(2,3)4/h7-11,13,19,21H,12,14H2,1-6H3,(H,27,28)/t19-,21?/m1/s1. The van der Waals surface area contributed by atoms with Crippen LogP contribution < -0.4 is 5.32 Å². The number of aryl methyl sites for hydroxylation is 1. The zero-order valence-corrected chi connectivity index (χ0v) is 19.0. The maximum Gasteiger partial charge on any atom is 0.408 e. The van der Waals surface area contributed by atoms with Crippen LogP contribution in [0.15, 0.2) is 36.5 Å². The van der Waals surface area contributed by atoms with Crippen LogP contribution in [-0.4, -0.2) is 35.2 Å². The second-order valence-corrected chi connectivity index (χ2v) is 9.31. The number of hydrogen-bond acceptors (Lipinski definition) is 5. The van der Waals surface area contributed by atoms with Crippen molar-refractivity contribution in [2.45, 2.75) is 71.5 Å². The summed E-state index contributed by atoms with van der Waals surface area (Å²) in [6, 6.07) is 8.51. The van der Waals surface area contributed by atoms with E-state index in [9.17, 15) is 9.18 Å². The first-order valence-corrected chi connectivity index (χ1v) is 10.4. The molecule has 1 aliphatic heterocycles. The Morgan fingerprint density at radius 3 is 2.65 bits per heavy atom. The summed E-state index contributed by atoms with van der Waals surface area (Å²) in [5.41, 5.74) is 2.09. The Morgan fingerprint density at radius 2 is 2.06 bits per heavy atom. The quantitative estimate of drug-likeness (QED) is 0.735. The van der Waals surface area contributed by atoms with E-state index in [1.165, 1.54) is 0 Å². The van der Waals surface area contributed by atoms with Crippen LogP contribution in [0.4, 0.5) is 9.18 Å². The zero-order chi connectivity index (χ0) is 22.8. The van der Waals surface area contributed by atoms with Gasteiger partial charge in [-0.15, -0.1) is 0 Å². The van der Waals surface area contributed by atoms with Gasteiger partial charge >= 0.3 is 6.09 Å². The van der Waals surface area contributed by atoms with Gasteiger partial charge in [0.25, 0.3) is 0 Å². The Morgan fingerprint density at radius 1 is 1.32 bits per heavy atom. The second kappa shape index (κ2) is 8.93. The minimum atomic E-state index is -0.749. The smallest absolute Gasteiger partial charge is 0.408 e. The molecule has 31 heavy (non-hydrogen) atoms. The maximum absolute atomic E-state index is 14.3. The maximum atomic E-state index is 14.3. The molecule has 1 aromatic heterocycles. The molecule has 1 fully saturated rings. The number of ether oxygens (including phenoxy) is 3. The number of nitrogens with one attached hydrogen (secondary N) is 1. The number of rotatable bonds is 5. The SMILES string of the molecule is Cc1cccc(Cc2ccc(C(NC(=O)OC(C)(C)C)[C@H]3COC(C)(C)O3)nc2)c1F. The lowest BCUT2D eigenvalue weighted by Crippen LogP contribution is -2.41. The van der Waals surface area contributed by atoms with Gasteiger partial charge in [0.05, 0.1) is 12.3 Å². The number of aromatic nitrogens is 1. The van der Waals surface area contributed by atoms with Gasteiger partial charge < -0.3 is 19.5 Å². The van der Waals surface area contributed by atoms with Gasteiger partial charge in [-0.05, 0) is 64.3 Å².